The summed E-state index contributed by atoms with van der Waals surface area (Å²) in [5.74, 6) is -0.811. The molecule has 0 fully saturated rings. The number of hydrogen-bond donors (Lipinski definition) is 1. The Morgan fingerprint density at radius 2 is 1.94 bits per heavy atom. The Balaban J connectivity index is 2.67. The highest BCUT2D eigenvalue weighted by molar-refractivity contribution is 5.92. The molecule has 1 aromatic rings. The first-order valence-electron chi connectivity index (χ1n) is 5.14. The number of amides is 1. The van der Waals surface area contributed by atoms with Gasteiger partial charge in [0.2, 0.25) is 0 Å². The molecule has 0 aliphatic carbocycles. The number of benzene rings is 1. The molecule has 2 N–H and O–H groups in total. The first-order chi connectivity index (χ1) is 7.90. The Morgan fingerprint density at radius 3 is 2.47 bits per heavy atom. The van der Waals surface area contributed by atoms with Crippen molar-refractivity contribution in [1.82, 2.24) is 4.90 Å². The molecule has 0 saturated heterocycles. The van der Waals surface area contributed by atoms with Gasteiger partial charge in [-0.2, -0.15) is 0 Å². The number of aryl methyl sites for hydroxylation is 1. The second kappa shape index (κ2) is 5.34. The van der Waals surface area contributed by atoms with E-state index < -0.39 is 5.97 Å². The minimum Gasteiger partial charge on any atom is -0.452 e. The number of esters is 1. The van der Waals surface area contributed by atoms with Gasteiger partial charge in [0.05, 0.1) is 5.56 Å². The number of ether oxygens (including phenoxy) is 1. The zero-order valence-corrected chi connectivity index (χ0v) is 10.2. The lowest BCUT2D eigenvalue weighted by Gasteiger charge is -2.10. The van der Waals surface area contributed by atoms with Crippen LogP contribution in [-0.2, 0) is 9.53 Å². The van der Waals surface area contributed by atoms with Crippen LogP contribution in [0.25, 0.3) is 0 Å². The van der Waals surface area contributed by atoms with Crippen LogP contribution in [0.3, 0.4) is 0 Å². The maximum absolute atomic E-state index is 11.6. The molecule has 0 unspecified atom stereocenters. The van der Waals surface area contributed by atoms with Gasteiger partial charge >= 0.3 is 5.97 Å². The molecule has 1 amide bonds. The largest absolute Gasteiger partial charge is 0.452 e. The number of likely N-dealkylation sites (N-methyl/N-ethyl adjacent to an activating group) is 1. The lowest BCUT2D eigenvalue weighted by molar-refractivity contribution is -0.131. The molecule has 92 valence electrons. The third-order valence-electron chi connectivity index (χ3n) is 2.16. The van der Waals surface area contributed by atoms with Gasteiger partial charge in [0.15, 0.2) is 6.61 Å². The topological polar surface area (TPSA) is 72.6 Å². The smallest absolute Gasteiger partial charge is 0.338 e. The van der Waals surface area contributed by atoms with Crippen molar-refractivity contribution >= 4 is 17.6 Å². The van der Waals surface area contributed by atoms with E-state index in [9.17, 15) is 9.59 Å². The Morgan fingerprint density at radius 1 is 1.29 bits per heavy atom. The second-order valence-electron chi connectivity index (χ2n) is 4.00. The molecular formula is C12H16N2O3. The van der Waals surface area contributed by atoms with Crippen molar-refractivity contribution in [2.45, 2.75) is 6.92 Å². The predicted molar refractivity (Wildman–Crippen MR) is 64.6 cm³/mol. The number of rotatable bonds is 3. The van der Waals surface area contributed by atoms with Crippen molar-refractivity contribution in [2.24, 2.45) is 0 Å². The normalized spacial score (nSPS) is 9.82. The van der Waals surface area contributed by atoms with Gasteiger partial charge in [-0.05, 0) is 30.7 Å². The molecule has 5 heteroatoms. The average molecular weight is 236 g/mol. The standard InChI is InChI=1S/C12H16N2O3/c1-8-4-9(6-10(13)5-8)12(16)17-7-11(15)14(2)3/h4-6H,7,13H2,1-3H3. The molecular weight excluding hydrogens is 220 g/mol. The van der Waals surface area contributed by atoms with Gasteiger partial charge < -0.3 is 15.4 Å². The van der Waals surface area contributed by atoms with Gasteiger partial charge in [-0.3, -0.25) is 4.79 Å². The van der Waals surface area contributed by atoms with Gasteiger partial charge in [0, 0.05) is 19.8 Å². The van der Waals surface area contributed by atoms with Crippen LogP contribution in [0.1, 0.15) is 15.9 Å². The van der Waals surface area contributed by atoms with E-state index in [1.807, 2.05) is 6.92 Å². The fraction of sp³-hybridized carbons (Fsp3) is 0.333. The van der Waals surface area contributed by atoms with Crippen LogP contribution in [0.15, 0.2) is 18.2 Å². The van der Waals surface area contributed by atoms with Crippen LogP contribution in [-0.4, -0.2) is 37.5 Å². The first kappa shape index (κ1) is 13.0. The average Bonchev–Trinajstić information content (AvgIpc) is 2.23. The number of nitrogens with two attached hydrogens (primary N) is 1. The molecule has 0 atom stereocenters. The van der Waals surface area contributed by atoms with Crippen LogP contribution in [0.5, 0.6) is 0 Å². The number of nitrogens with zero attached hydrogens (tertiary/aromatic N) is 1. The van der Waals surface area contributed by atoms with E-state index in [-0.39, 0.29) is 12.5 Å². The van der Waals surface area contributed by atoms with Crippen molar-refractivity contribution in [3.8, 4) is 0 Å². The fourth-order valence-corrected chi connectivity index (χ4v) is 1.27. The fourth-order valence-electron chi connectivity index (χ4n) is 1.27. The van der Waals surface area contributed by atoms with E-state index >= 15 is 0 Å². The molecule has 0 aliphatic heterocycles. The maximum Gasteiger partial charge on any atom is 0.338 e. The number of hydrogen-bond acceptors (Lipinski definition) is 4. The monoisotopic (exact) mass is 236 g/mol. The quantitative estimate of drug-likeness (QED) is 0.623. The predicted octanol–water partition coefficient (Wildman–Crippen LogP) is 0.822. The van der Waals surface area contributed by atoms with E-state index in [1.165, 1.54) is 11.0 Å². The van der Waals surface area contributed by atoms with Gasteiger partial charge in [-0.1, -0.05) is 0 Å². The molecule has 1 rings (SSSR count). The van der Waals surface area contributed by atoms with Crippen LogP contribution >= 0.6 is 0 Å². The van der Waals surface area contributed by atoms with E-state index in [0.717, 1.165) is 5.56 Å². The van der Waals surface area contributed by atoms with Crippen molar-refractivity contribution < 1.29 is 14.3 Å². The number of carbonyl (C=O) groups is 2. The summed E-state index contributed by atoms with van der Waals surface area (Å²) in [6.45, 7) is 1.57. The number of anilines is 1. The zero-order valence-electron chi connectivity index (χ0n) is 10.2. The zero-order chi connectivity index (χ0) is 13.0. The van der Waals surface area contributed by atoms with Crippen molar-refractivity contribution in [1.29, 1.82) is 0 Å². The highest BCUT2D eigenvalue weighted by Crippen LogP contribution is 2.12. The van der Waals surface area contributed by atoms with E-state index in [1.54, 1.807) is 26.2 Å². The van der Waals surface area contributed by atoms with Gasteiger partial charge in [0.1, 0.15) is 0 Å². The van der Waals surface area contributed by atoms with Crippen molar-refractivity contribution in [2.75, 3.05) is 26.4 Å². The summed E-state index contributed by atoms with van der Waals surface area (Å²) in [6.07, 6.45) is 0. The van der Waals surface area contributed by atoms with E-state index in [2.05, 4.69) is 0 Å². The van der Waals surface area contributed by atoms with Crippen molar-refractivity contribution in [3.63, 3.8) is 0 Å². The summed E-state index contributed by atoms with van der Waals surface area (Å²) in [4.78, 5) is 24.2. The highest BCUT2D eigenvalue weighted by Gasteiger charge is 2.11. The Hall–Kier alpha value is -2.04. The molecule has 1 aromatic carbocycles. The summed E-state index contributed by atoms with van der Waals surface area (Å²) in [6, 6.07) is 4.94. The van der Waals surface area contributed by atoms with Gasteiger partial charge in [-0.25, -0.2) is 4.79 Å². The highest BCUT2D eigenvalue weighted by atomic mass is 16.5. The van der Waals surface area contributed by atoms with E-state index in [4.69, 9.17) is 10.5 Å². The summed E-state index contributed by atoms with van der Waals surface area (Å²) >= 11 is 0. The number of carbonyl (C=O) groups excluding carboxylic acids is 2. The molecule has 0 radical (unpaired) electrons. The lowest BCUT2D eigenvalue weighted by atomic mass is 10.1. The Kier molecular flexibility index (Phi) is 4.09. The minimum atomic E-state index is -0.546. The Labute approximate surface area is 100 Å². The van der Waals surface area contributed by atoms with Crippen molar-refractivity contribution in [3.05, 3.63) is 29.3 Å². The summed E-state index contributed by atoms with van der Waals surface area (Å²) < 4.78 is 4.88. The SMILES string of the molecule is Cc1cc(N)cc(C(=O)OCC(=O)N(C)C)c1. The third-order valence-corrected chi connectivity index (χ3v) is 2.16. The summed E-state index contributed by atoms with van der Waals surface area (Å²) in [7, 11) is 3.20. The van der Waals surface area contributed by atoms with E-state index in [0.29, 0.717) is 11.3 Å². The summed E-state index contributed by atoms with van der Waals surface area (Å²) in [5, 5.41) is 0. The van der Waals surface area contributed by atoms with Crippen LogP contribution in [0.2, 0.25) is 0 Å². The molecule has 5 nitrogen and oxygen atoms in total. The molecule has 0 aliphatic rings. The molecule has 0 heterocycles. The molecule has 0 saturated carbocycles. The minimum absolute atomic E-state index is 0.264. The second-order valence-corrected chi connectivity index (χ2v) is 4.00. The molecule has 17 heavy (non-hydrogen) atoms. The maximum atomic E-state index is 11.6. The van der Waals surface area contributed by atoms with Gasteiger partial charge in [-0.15, -0.1) is 0 Å². The first-order valence-corrected chi connectivity index (χ1v) is 5.14. The number of nitrogen functional groups attached to an aromatic ring is 1. The molecule has 0 spiro atoms. The third kappa shape index (κ3) is 3.79. The summed E-state index contributed by atoms with van der Waals surface area (Å²) in [5.41, 5.74) is 7.34. The van der Waals surface area contributed by atoms with Crippen LogP contribution in [0, 0.1) is 6.92 Å². The Bertz CT molecular complexity index is 421. The van der Waals surface area contributed by atoms with Crippen LogP contribution in [0.4, 0.5) is 5.69 Å². The molecule has 0 aromatic heterocycles. The van der Waals surface area contributed by atoms with Crippen LogP contribution < -0.4 is 5.73 Å². The molecule has 0 bridgehead atoms. The lowest BCUT2D eigenvalue weighted by Crippen LogP contribution is -2.27. The van der Waals surface area contributed by atoms with Gasteiger partial charge in [0.25, 0.3) is 5.91 Å².